The number of guanidine groups is 1. The van der Waals surface area contributed by atoms with Crippen molar-refractivity contribution in [3.63, 3.8) is 0 Å². The molecule has 0 spiro atoms. The molecule has 1 heterocycles. The van der Waals surface area contributed by atoms with E-state index in [1.165, 1.54) is 6.42 Å². The molecule has 1 aliphatic heterocycles. The van der Waals surface area contributed by atoms with Gasteiger partial charge in [0.05, 0.1) is 0 Å². The Hall–Kier alpha value is -1.84. The smallest absolute Gasteiger partial charge is 0.227 e. The first-order chi connectivity index (χ1) is 14.6. The minimum absolute atomic E-state index is 0. The molecule has 31 heavy (non-hydrogen) atoms. The lowest BCUT2D eigenvalue weighted by Crippen LogP contribution is -2.44. The summed E-state index contributed by atoms with van der Waals surface area (Å²) < 4.78 is 0. The Labute approximate surface area is 202 Å². The van der Waals surface area contributed by atoms with E-state index in [4.69, 9.17) is 0 Å². The van der Waals surface area contributed by atoms with Crippen LogP contribution in [0.1, 0.15) is 57.4 Å². The standard InChI is InChI=1S/C23H35N5O2.HI/c1-3-21(29)28-13-12-20(16-28)27-23(24-2)25-15-17-8-7-11-19(14-17)26-22(30)18-9-5-4-6-10-18;/h7-8,11,14,18,20H,3-6,9-10,12-13,15-16H2,1-2H3,(H,26,30)(H2,24,25,27);1H. The molecule has 2 aliphatic rings. The molecule has 172 valence electrons. The Kier molecular flexibility index (Phi) is 10.6. The SMILES string of the molecule is CCC(=O)N1CCC(NC(=NC)NCc2cccc(NC(=O)C3CCCCC3)c2)C1.I. The van der Waals surface area contributed by atoms with Crippen LogP contribution in [-0.2, 0) is 16.1 Å². The van der Waals surface area contributed by atoms with E-state index >= 15 is 0 Å². The largest absolute Gasteiger partial charge is 0.352 e. The molecule has 2 fully saturated rings. The Bertz CT molecular complexity index is 764. The molecule has 1 aromatic carbocycles. The summed E-state index contributed by atoms with van der Waals surface area (Å²) in [5.74, 6) is 1.22. The van der Waals surface area contributed by atoms with E-state index in [-0.39, 0.29) is 47.8 Å². The number of halogens is 1. The van der Waals surface area contributed by atoms with Gasteiger partial charge in [-0.25, -0.2) is 0 Å². The highest BCUT2D eigenvalue weighted by molar-refractivity contribution is 14.0. The van der Waals surface area contributed by atoms with E-state index in [0.717, 1.165) is 62.4 Å². The first kappa shape index (κ1) is 25.4. The van der Waals surface area contributed by atoms with Crippen LogP contribution in [0.5, 0.6) is 0 Å². The number of hydrogen-bond acceptors (Lipinski definition) is 3. The first-order valence-corrected chi connectivity index (χ1v) is 11.2. The fraction of sp³-hybridized carbons (Fsp3) is 0.609. The summed E-state index contributed by atoms with van der Waals surface area (Å²) >= 11 is 0. The van der Waals surface area contributed by atoms with Gasteiger partial charge >= 0.3 is 0 Å². The molecule has 0 aromatic heterocycles. The van der Waals surface area contributed by atoms with Crippen LogP contribution in [0.2, 0.25) is 0 Å². The maximum atomic E-state index is 12.5. The number of anilines is 1. The van der Waals surface area contributed by atoms with Crippen molar-refractivity contribution in [3.05, 3.63) is 29.8 Å². The van der Waals surface area contributed by atoms with Crippen LogP contribution in [0.25, 0.3) is 0 Å². The molecule has 1 saturated heterocycles. The predicted molar refractivity (Wildman–Crippen MR) is 136 cm³/mol. The van der Waals surface area contributed by atoms with Crippen LogP contribution >= 0.6 is 24.0 Å². The van der Waals surface area contributed by atoms with Crippen LogP contribution in [0.15, 0.2) is 29.3 Å². The van der Waals surface area contributed by atoms with Gasteiger partial charge in [0.15, 0.2) is 5.96 Å². The van der Waals surface area contributed by atoms with Crippen molar-refractivity contribution in [2.45, 2.75) is 64.5 Å². The molecule has 1 atom stereocenters. The average molecular weight is 541 g/mol. The summed E-state index contributed by atoms with van der Waals surface area (Å²) in [7, 11) is 1.75. The fourth-order valence-electron chi connectivity index (χ4n) is 4.27. The summed E-state index contributed by atoms with van der Waals surface area (Å²) in [6.45, 7) is 4.02. The Morgan fingerprint density at radius 3 is 2.65 bits per heavy atom. The van der Waals surface area contributed by atoms with Crippen LogP contribution in [0, 0.1) is 5.92 Å². The summed E-state index contributed by atoms with van der Waals surface area (Å²) in [5, 5.41) is 9.83. The van der Waals surface area contributed by atoms with Gasteiger partial charge in [-0.2, -0.15) is 0 Å². The van der Waals surface area contributed by atoms with E-state index in [1.54, 1.807) is 7.05 Å². The van der Waals surface area contributed by atoms with Crippen molar-refractivity contribution in [3.8, 4) is 0 Å². The van der Waals surface area contributed by atoms with E-state index < -0.39 is 0 Å². The summed E-state index contributed by atoms with van der Waals surface area (Å²) in [6, 6.07) is 8.17. The second-order valence-electron chi connectivity index (χ2n) is 8.27. The van der Waals surface area contributed by atoms with Gasteiger partial charge < -0.3 is 20.9 Å². The molecular formula is C23H36IN5O2. The normalized spacial score (nSPS) is 19.5. The third kappa shape index (κ3) is 7.66. The van der Waals surface area contributed by atoms with Gasteiger partial charge in [-0.1, -0.05) is 38.3 Å². The van der Waals surface area contributed by atoms with Crippen molar-refractivity contribution in [2.75, 3.05) is 25.5 Å². The van der Waals surface area contributed by atoms with Gasteiger partial charge in [-0.3, -0.25) is 14.6 Å². The molecule has 1 aliphatic carbocycles. The maximum Gasteiger partial charge on any atom is 0.227 e. The highest BCUT2D eigenvalue weighted by Gasteiger charge is 2.25. The predicted octanol–water partition coefficient (Wildman–Crippen LogP) is 3.50. The minimum Gasteiger partial charge on any atom is -0.352 e. The van der Waals surface area contributed by atoms with Crippen LogP contribution in [-0.4, -0.2) is 48.9 Å². The molecule has 1 saturated carbocycles. The molecule has 7 nitrogen and oxygen atoms in total. The zero-order valence-electron chi connectivity index (χ0n) is 18.7. The quantitative estimate of drug-likeness (QED) is 0.293. The number of likely N-dealkylation sites (tertiary alicyclic amines) is 1. The fourth-order valence-corrected chi connectivity index (χ4v) is 4.27. The molecule has 3 rings (SSSR count). The number of benzene rings is 1. The minimum atomic E-state index is 0. The zero-order valence-corrected chi connectivity index (χ0v) is 21.0. The average Bonchev–Trinajstić information content (AvgIpc) is 3.25. The lowest BCUT2D eigenvalue weighted by molar-refractivity contribution is -0.129. The Morgan fingerprint density at radius 2 is 1.94 bits per heavy atom. The number of hydrogen-bond donors (Lipinski definition) is 3. The van der Waals surface area contributed by atoms with Gasteiger partial charge in [0.1, 0.15) is 0 Å². The molecule has 2 amide bonds. The van der Waals surface area contributed by atoms with Crippen LogP contribution < -0.4 is 16.0 Å². The topological polar surface area (TPSA) is 85.8 Å². The van der Waals surface area contributed by atoms with E-state index in [1.807, 2.05) is 36.1 Å². The number of aliphatic imine (C=N–C) groups is 1. The number of nitrogens with one attached hydrogen (secondary N) is 3. The highest BCUT2D eigenvalue weighted by atomic mass is 127. The van der Waals surface area contributed by atoms with Crippen molar-refractivity contribution in [2.24, 2.45) is 10.9 Å². The lowest BCUT2D eigenvalue weighted by atomic mass is 9.88. The molecule has 1 aromatic rings. The summed E-state index contributed by atoms with van der Waals surface area (Å²) in [4.78, 5) is 30.6. The van der Waals surface area contributed by atoms with E-state index in [0.29, 0.717) is 13.0 Å². The second kappa shape index (κ2) is 12.9. The monoisotopic (exact) mass is 541 g/mol. The summed E-state index contributed by atoms with van der Waals surface area (Å²) in [5.41, 5.74) is 1.92. The zero-order chi connectivity index (χ0) is 21.3. The molecule has 1 unspecified atom stereocenters. The van der Waals surface area contributed by atoms with Crippen molar-refractivity contribution < 1.29 is 9.59 Å². The second-order valence-corrected chi connectivity index (χ2v) is 8.27. The molecule has 3 N–H and O–H groups in total. The number of carbonyl (C=O) groups excluding carboxylic acids is 2. The Morgan fingerprint density at radius 1 is 1.16 bits per heavy atom. The molecule has 0 radical (unpaired) electrons. The number of carbonyl (C=O) groups is 2. The van der Waals surface area contributed by atoms with Gasteiger partial charge in [0.25, 0.3) is 0 Å². The first-order valence-electron chi connectivity index (χ1n) is 11.2. The van der Waals surface area contributed by atoms with Gasteiger partial charge in [0, 0.05) is 50.7 Å². The third-order valence-corrected chi connectivity index (χ3v) is 6.04. The van der Waals surface area contributed by atoms with Crippen molar-refractivity contribution in [1.82, 2.24) is 15.5 Å². The maximum absolute atomic E-state index is 12.5. The Balaban J connectivity index is 0.00000341. The molecular weight excluding hydrogens is 505 g/mol. The third-order valence-electron chi connectivity index (χ3n) is 6.04. The van der Waals surface area contributed by atoms with Crippen LogP contribution in [0.3, 0.4) is 0 Å². The van der Waals surface area contributed by atoms with Crippen molar-refractivity contribution >= 4 is 47.4 Å². The van der Waals surface area contributed by atoms with Crippen molar-refractivity contribution in [1.29, 1.82) is 0 Å². The summed E-state index contributed by atoms with van der Waals surface area (Å²) in [6.07, 6.45) is 7.02. The van der Waals surface area contributed by atoms with E-state index in [2.05, 4.69) is 20.9 Å². The number of nitrogens with zero attached hydrogens (tertiary/aromatic N) is 2. The van der Waals surface area contributed by atoms with Gasteiger partial charge in [-0.15, -0.1) is 24.0 Å². The lowest BCUT2D eigenvalue weighted by Gasteiger charge is -2.21. The number of rotatable bonds is 6. The number of amides is 2. The molecule has 8 heteroatoms. The molecule has 0 bridgehead atoms. The van der Waals surface area contributed by atoms with Gasteiger partial charge in [0.2, 0.25) is 11.8 Å². The van der Waals surface area contributed by atoms with E-state index in [9.17, 15) is 9.59 Å². The highest BCUT2D eigenvalue weighted by Crippen LogP contribution is 2.25. The van der Waals surface area contributed by atoms with Crippen LogP contribution in [0.4, 0.5) is 5.69 Å². The van der Waals surface area contributed by atoms with Gasteiger partial charge in [-0.05, 0) is 37.0 Å².